The molecule has 1 fully saturated rings. The van der Waals surface area contributed by atoms with Crippen molar-refractivity contribution in [2.24, 2.45) is 0 Å². The molecule has 0 saturated carbocycles. The fraction of sp³-hybridized carbons (Fsp3) is 0.600. The average molecular weight is 263 g/mol. The second-order valence-corrected chi connectivity index (χ2v) is 5.54. The lowest BCUT2D eigenvalue weighted by Crippen LogP contribution is -2.36. The lowest BCUT2D eigenvalue weighted by Gasteiger charge is -2.26. The van der Waals surface area contributed by atoms with Gasteiger partial charge in [0.25, 0.3) is 0 Å². The third kappa shape index (κ3) is 3.61. The molecule has 1 aromatic rings. The van der Waals surface area contributed by atoms with Crippen molar-refractivity contribution in [1.82, 2.24) is 9.80 Å². The minimum atomic E-state index is 0.678. The molecule has 1 aliphatic rings. The van der Waals surface area contributed by atoms with Crippen molar-refractivity contribution in [3.05, 3.63) is 23.8 Å². The van der Waals surface area contributed by atoms with Crippen LogP contribution in [-0.2, 0) is 6.54 Å². The quantitative estimate of drug-likeness (QED) is 0.823. The molecule has 19 heavy (non-hydrogen) atoms. The summed E-state index contributed by atoms with van der Waals surface area (Å²) in [6, 6.07) is 6.51. The van der Waals surface area contributed by atoms with Gasteiger partial charge in [0.2, 0.25) is 0 Å². The van der Waals surface area contributed by atoms with Crippen LogP contribution in [0.5, 0.6) is 5.75 Å². The van der Waals surface area contributed by atoms with Crippen LogP contribution in [-0.4, -0.2) is 50.1 Å². The largest absolute Gasteiger partial charge is 0.496 e. The third-order valence-electron chi connectivity index (χ3n) is 3.94. The van der Waals surface area contributed by atoms with Gasteiger partial charge in [0.05, 0.1) is 7.11 Å². The molecule has 2 N–H and O–H groups in total. The van der Waals surface area contributed by atoms with E-state index < -0.39 is 0 Å². The smallest absolute Gasteiger partial charge is 0.123 e. The maximum atomic E-state index is 5.86. The first kappa shape index (κ1) is 14.2. The summed E-state index contributed by atoms with van der Waals surface area (Å²) >= 11 is 0. The molecule has 0 amide bonds. The number of anilines is 1. The van der Waals surface area contributed by atoms with Gasteiger partial charge in [-0.1, -0.05) is 0 Å². The first-order valence-electron chi connectivity index (χ1n) is 6.91. The zero-order valence-corrected chi connectivity index (χ0v) is 12.2. The third-order valence-corrected chi connectivity index (χ3v) is 3.94. The second-order valence-electron chi connectivity index (χ2n) is 5.54. The van der Waals surface area contributed by atoms with Gasteiger partial charge in [-0.2, -0.15) is 0 Å². The van der Waals surface area contributed by atoms with E-state index in [1.165, 1.54) is 19.4 Å². The molecule has 0 radical (unpaired) electrons. The molecule has 0 aromatic heterocycles. The molecule has 1 saturated heterocycles. The molecule has 2 rings (SSSR count). The van der Waals surface area contributed by atoms with Crippen molar-refractivity contribution < 1.29 is 4.74 Å². The van der Waals surface area contributed by atoms with Gasteiger partial charge in [-0.25, -0.2) is 0 Å². The minimum absolute atomic E-state index is 0.678. The highest BCUT2D eigenvalue weighted by Crippen LogP contribution is 2.23. The van der Waals surface area contributed by atoms with Crippen LogP contribution >= 0.6 is 0 Å². The Balaban J connectivity index is 1.98. The van der Waals surface area contributed by atoms with E-state index in [-0.39, 0.29) is 0 Å². The van der Waals surface area contributed by atoms with Crippen LogP contribution in [0.2, 0.25) is 0 Å². The Hall–Kier alpha value is -1.26. The van der Waals surface area contributed by atoms with Crippen LogP contribution in [0.3, 0.4) is 0 Å². The highest BCUT2D eigenvalue weighted by atomic mass is 16.5. The van der Waals surface area contributed by atoms with Crippen LogP contribution < -0.4 is 10.5 Å². The summed E-state index contributed by atoms with van der Waals surface area (Å²) in [5.41, 5.74) is 7.81. The minimum Gasteiger partial charge on any atom is -0.496 e. The molecule has 1 atom stereocenters. The lowest BCUT2D eigenvalue weighted by molar-refractivity contribution is 0.214. The lowest BCUT2D eigenvalue weighted by atomic mass is 10.1. The number of hydrogen-bond acceptors (Lipinski definition) is 4. The van der Waals surface area contributed by atoms with Gasteiger partial charge < -0.3 is 20.3 Å². The van der Waals surface area contributed by atoms with Gasteiger partial charge >= 0.3 is 0 Å². The van der Waals surface area contributed by atoms with E-state index in [0.717, 1.165) is 30.1 Å². The van der Waals surface area contributed by atoms with Gasteiger partial charge in [0.15, 0.2) is 0 Å². The number of nitrogen functional groups attached to an aromatic ring is 1. The first-order chi connectivity index (χ1) is 9.10. The maximum Gasteiger partial charge on any atom is 0.123 e. The Bertz CT molecular complexity index is 422. The predicted octanol–water partition coefficient (Wildman–Crippen LogP) is 1.80. The van der Waals surface area contributed by atoms with Crippen molar-refractivity contribution in [3.63, 3.8) is 0 Å². The summed E-state index contributed by atoms with van der Waals surface area (Å²) in [4.78, 5) is 4.80. The molecule has 4 nitrogen and oxygen atoms in total. The highest BCUT2D eigenvalue weighted by molar-refractivity contribution is 5.47. The number of ether oxygens (including phenoxy) is 1. The number of benzene rings is 1. The number of likely N-dealkylation sites (tertiary alicyclic amines) is 1. The van der Waals surface area contributed by atoms with Gasteiger partial charge in [0.1, 0.15) is 5.75 Å². The number of nitrogens with two attached hydrogens (primary N) is 1. The fourth-order valence-corrected chi connectivity index (χ4v) is 2.85. The van der Waals surface area contributed by atoms with Crippen molar-refractivity contribution in [1.29, 1.82) is 0 Å². The van der Waals surface area contributed by atoms with Crippen molar-refractivity contribution in [3.8, 4) is 5.75 Å². The van der Waals surface area contributed by atoms with E-state index in [2.05, 4.69) is 23.9 Å². The fourth-order valence-electron chi connectivity index (χ4n) is 2.85. The number of likely N-dealkylation sites (N-methyl/N-ethyl adjacent to an activating group) is 2. The monoisotopic (exact) mass is 263 g/mol. The molecule has 0 bridgehead atoms. The van der Waals surface area contributed by atoms with E-state index in [0.29, 0.717) is 6.04 Å². The molecule has 0 aliphatic carbocycles. The summed E-state index contributed by atoms with van der Waals surface area (Å²) in [5, 5.41) is 0. The van der Waals surface area contributed by atoms with Crippen LogP contribution in [0.1, 0.15) is 18.4 Å². The van der Waals surface area contributed by atoms with Gasteiger partial charge in [0, 0.05) is 30.4 Å². The summed E-state index contributed by atoms with van der Waals surface area (Å²) in [7, 11) is 6.08. The van der Waals surface area contributed by atoms with E-state index >= 15 is 0 Å². The van der Waals surface area contributed by atoms with Crippen molar-refractivity contribution in [2.45, 2.75) is 25.4 Å². The summed E-state index contributed by atoms with van der Waals surface area (Å²) in [6.07, 6.45) is 2.62. The van der Waals surface area contributed by atoms with Crippen LogP contribution in [0, 0.1) is 0 Å². The molecule has 1 aliphatic heterocycles. The number of rotatable bonds is 5. The van der Waals surface area contributed by atoms with Crippen LogP contribution in [0.4, 0.5) is 5.69 Å². The van der Waals surface area contributed by atoms with Gasteiger partial charge in [-0.05, 0) is 51.7 Å². The number of nitrogens with zero attached hydrogens (tertiary/aromatic N) is 2. The first-order valence-corrected chi connectivity index (χ1v) is 6.91. The molecule has 1 heterocycles. The molecule has 106 valence electrons. The summed E-state index contributed by atoms with van der Waals surface area (Å²) < 4.78 is 5.40. The predicted molar refractivity (Wildman–Crippen MR) is 79.4 cm³/mol. The maximum absolute atomic E-state index is 5.86. The van der Waals surface area contributed by atoms with E-state index in [1.807, 2.05) is 18.2 Å². The summed E-state index contributed by atoms with van der Waals surface area (Å²) in [6.45, 7) is 3.19. The van der Waals surface area contributed by atoms with E-state index in [9.17, 15) is 0 Å². The molecule has 0 spiro atoms. The number of methoxy groups -OCH3 is 1. The normalized spacial score (nSPS) is 20.1. The average Bonchev–Trinajstić information content (AvgIpc) is 2.75. The Morgan fingerprint density at radius 2 is 2.26 bits per heavy atom. The van der Waals surface area contributed by atoms with Crippen molar-refractivity contribution >= 4 is 5.69 Å². The zero-order chi connectivity index (χ0) is 13.8. The van der Waals surface area contributed by atoms with Gasteiger partial charge in [-0.3, -0.25) is 0 Å². The molecule has 1 aromatic carbocycles. The van der Waals surface area contributed by atoms with E-state index in [4.69, 9.17) is 10.5 Å². The standard InChI is InChI=1S/C15H25N3O/c1-17(11-14-5-4-8-18(14)2)10-12-9-13(16)6-7-15(12)19-3/h6-7,9,14H,4-5,8,10-11,16H2,1-3H3. The topological polar surface area (TPSA) is 41.7 Å². The van der Waals surface area contributed by atoms with Crippen molar-refractivity contribution in [2.75, 3.05) is 40.0 Å². The molecular formula is C15H25N3O. The van der Waals surface area contributed by atoms with Crippen LogP contribution in [0.15, 0.2) is 18.2 Å². The number of hydrogen-bond donors (Lipinski definition) is 1. The van der Waals surface area contributed by atoms with E-state index in [1.54, 1.807) is 7.11 Å². The SMILES string of the molecule is COc1ccc(N)cc1CN(C)CC1CCCN1C. The highest BCUT2D eigenvalue weighted by Gasteiger charge is 2.22. The Labute approximate surface area is 116 Å². The second kappa shape index (κ2) is 6.26. The Morgan fingerprint density at radius 3 is 2.89 bits per heavy atom. The van der Waals surface area contributed by atoms with Crippen LogP contribution in [0.25, 0.3) is 0 Å². The van der Waals surface area contributed by atoms with Gasteiger partial charge in [-0.15, -0.1) is 0 Å². The Morgan fingerprint density at radius 1 is 1.47 bits per heavy atom. The Kier molecular flexibility index (Phi) is 4.66. The molecule has 4 heteroatoms. The summed E-state index contributed by atoms with van der Waals surface area (Å²) in [5.74, 6) is 0.917. The zero-order valence-electron chi connectivity index (χ0n) is 12.2. The molecule has 1 unspecified atom stereocenters. The molecular weight excluding hydrogens is 238 g/mol.